The summed E-state index contributed by atoms with van der Waals surface area (Å²) in [5.74, 6) is -0.305. The average molecular weight is 448 g/mol. The molecule has 0 saturated heterocycles. The van der Waals surface area contributed by atoms with Crippen molar-refractivity contribution in [2.75, 3.05) is 12.3 Å². The van der Waals surface area contributed by atoms with Crippen molar-refractivity contribution in [1.29, 1.82) is 0 Å². The minimum Gasteiger partial charge on any atom is -0.338 e. The third-order valence-electron chi connectivity index (χ3n) is 5.11. The van der Waals surface area contributed by atoms with Crippen molar-refractivity contribution in [3.8, 4) is 5.69 Å². The van der Waals surface area contributed by atoms with Crippen LogP contribution in [0.25, 0.3) is 16.6 Å². The molecule has 0 atom stereocenters. The van der Waals surface area contributed by atoms with Crippen LogP contribution in [0.3, 0.4) is 0 Å². The number of benzene rings is 3. The molecule has 4 rings (SSSR count). The second kappa shape index (κ2) is 9.78. The first-order valence-corrected chi connectivity index (χ1v) is 11.3. The molecule has 0 saturated carbocycles. The van der Waals surface area contributed by atoms with Crippen molar-refractivity contribution in [2.45, 2.75) is 18.6 Å². The third-order valence-corrected chi connectivity index (χ3v) is 6.03. The Bertz CT molecular complexity index is 1290. The van der Waals surface area contributed by atoms with Gasteiger partial charge in [0.2, 0.25) is 5.91 Å². The summed E-state index contributed by atoms with van der Waals surface area (Å²) in [4.78, 5) is 32.6. The molecule has 162 valence electrons. The Morgan fingerprint density at radius 2 is 1.69 bits per heavy atom. The highest BCUT2D eigenvalue weighted by molar-refractivity contribution is 7.99. The Labute approximate surface area is 189 Å². The zero-order chi connectivity index (χ0) is 22.5. The number of hydrogen-bond donors (Lipinski definition) is 0. The number of nitrogens with zero attached hydrogens (tertiary/aromatic N) is 3. The number of aromatic nitrogens is 2. The average Bonchev–Trinajstić information content (AvgIpc) is 2.82. The van der Waals surface area contributed by atoms with Crippen molar-refractivity contribution < 1.29 is 9.18 Å². The number of carbonyl (C=O) groups is 1. The Hall–Kier alpha value is -3.45. The van der Waals surface area contributed by atoms with E-state index in [4.69, 9.17) is 0 Å². The minimum atomic E-state index is -0.389. The monoisotopic (exact) mass is 447 g/mol. The van der Waals surface area contributed by atoms with Gasteiger partial charge in [0.15, 0.2) is 5.16 Å². The summed E-state index contributed by atoms with van der Waals surface area (Å²) in [7, 11) is 0. The highest BCUT2D eigenvalue weighted by Gasteiger charge is 2.17. The molecule has 0 N–H and O–H groups in total. The van der Waals surface area contributed by atoms with Crippen molar-refractivity contribution >= 4 is 28.6 Å². The van der Waals surface area contributed by atoms with Gasteiger partial charge in [0, 0.05) is 13.1 Å². The highest BCUT2D eigenvalue weighted by Crippen LogP contribution is 2.22. The van der Waals surface area contributed by atoms with Crippen LogP contribution in [0.4, 0.5) is 4.39 Å². The standard InChI is InChI=1S/C25H22FN3O2S/c1-2-28(16-18-8-4-3-5-9-18)23(30)17-32-25-27-22-11-7-6-10-21(22)24(31)29(25)20-14-12-19(26)13-15-20/h3-15H,2,16-17H2,1H3. The molecule has 0 aliphatic carbocycles. The normalized spacial score (nSPS) is 10.9. The number of halogens is 1. The molecule has 0 aliphatic rings. The third kappa shape index (κ3) is 4.73. The predicted molar refractivity (Wildman–Crippen MR) is 126 cm³/mol. The van der Waals surface area contributed by atoms with Gasteiger partial charge in [-0.2, -0.15) is 0 Å². The number of carbonyl (C=O) groups excluding carboxylic acids is 1. The number of rotatable bonds is 7. The van der Waals surface area contributed by atoms with Crippen LogP contribution in [0, 0.1) is 5.82 Å². The molecule has 0 aliphatic heterocycles. The molecule has 0 fully saturated rings. The molecule has 1 amide bonds. The van der Waals surface area contributed by atoms with E-state index >= 15 is 0 Å². The molecular formula is C25H22FN3O2S. The van der Waals surface area contributed by atoms with E-state index in [9.17, 15) is 14.0 Å². The van der Waals surface area contributed by atoms with Gasteiger partial charge in [0.25, 0.3) is 5.56 Å². The van der Waals surface area contributed by atoms with E-state index in [0.717, 1.165) is 5.56 Å². The Morgan fingerprint density at radius 3 is 2.41 bits per heavy atom. The van der Waals surface area contributed by atoms with E-state index in [0.29, 0.717) is 34.8 Å². The summed E-state index contributed by atoms with van der Waals surface area (Å²) < 4.78 is 14.9. The molecule has 3 aromatic carbocycles. The minimum absolute atomic E-state index is 0.0468. The Balaban J connectivity index is 1.64. The first-order valence-electron chi connectivity index (χ1n) is 10.3. The molecule has 0 spiro atoms. The van der Waals surface area contributed by atoms with Gasteiger partial charge in [-0.3, -0.25) is 14.2 Å². The Morgan fingerprint density at radius 1 is 1.00 bits per heavy atom. The largest absolute Gasteiger partial charge is 0.338 e. The van der Waals surface area contributed by atoms with Gasteiger partial charge in [0.05, 0.1) is 22.3 Å². The van der Waals surface area contributed by atoms with Crippen LogP contribution in [-0.4, -0.2) is 32.7 Å². The summed E-state index contributed by atoms with van der Waals surface area (Å²) in [6, 6.07) is 22.6. The molecule has 1 aromatic heterocycles. The van der Waals surface area contributed by atoms with E-state index < -0.39 is 0 Å². The molecule has 7 heteroatoms. The topological polar surface area (TPSA) is 55.2 Å². The molecule has 0 unspecified atom stereocenters. The number of hydrogen-bond acceptors (Lipinski definition) is 4. The molecule has 4 aromatic rings. The lowest BCUT2D eigenvalue weighted by atomic mass is 10.2. The second-order valence-electron chi connectivity index (χ2n) is 7.21. The smallest absolute Gasteiger partial charge is 0.266 e. The fourth-order valence-electron chi connectivity index (χ4n) is 3.42. The van der Waals surface area contributed by atoms with Crippen molar-refractivity contribution in [3.05, 3.63) is 101 Å². The first-order chi connectivity index (χ1) is 15.6. The maximum atomic E-state index is 13.5. The predicted octanol–water partition coefficient (Wildman–Crippen LogP) is 4.67. The highest BCUT2D eigenvalue weighted by atomic mass is 32.2. The van der Waals surface area contributed by atoms with Crippen LogP contribution in [-0.2, 0) is 11.3 Å². The van der Waals surface area contributed by atoms with Gasteiger partial charge in [0.1, 0.15) is 5.82 Å². The van der Waals surface area contributed by atoms with Gasteiger partial charge in [-0.15, -0.1) is 0 Å². The van der Waals surface area contributed by atoms with E-state index in [1.807, 2.05) is 43.3 Å². The zero-order valence-electron chi connectivity index (χ0n) is 17.6. The fraction of sp³-hybridized carbons (Fsp3) is 0.160. The van der Waals surface area contributed by atoms with Crippen molar-refractivity contribution in [3.63, 3.8) is 0 Å². The fourth-order valence-corrected chi connectivity index (χ4v) is 4.34. The zero-order valence-corrected chi connectivity index (χ0v) is 18.4. The summed E-state index contributed by atoms with van der Waals surface area (Å²) in [6.45, 7) is 3.03. The van der Waals surface area contributed by atoms with Gasteiger partial charge >= 0.3 is 0 Å². The molecule has 1 heterocycles. The van der Waals surface area contributed by atoms with Gasteiger partial charge in [-0.05, 0) is 48.9 Å². The van der Waals surface area contributed by atoms with Crippen LogP contribution in [0.15, 0.2) is 88.8 Å². The summed E-state index contributed by atoms with van der Waals surface area (Å²) >= 11 is 1.20. The van der Waals surface area contributed by atoms with Crippen molar-refractivity contribution in [1.82, 2.24) is 14.5 Å². The number of para-hydroxylation sites is 1. The SMILES string of the molecule is CCN(Cc1ccccc1)C(=O)CSc1nc2ccccc2c(=O)n1-c1ccc(F)cc1. The number of thioether (sulfide) groups is 1. The lowest BCUT2D eigenvalue weighted by Crippen LogP contribution is -2.32. The second-order valence-corrected chi connectivity index (χ2v) is 8.15. The molecular weight excluding hydrogens is 425 g/mol. The quantitative estimate of drug-likeness (QED) is 0.305. The van der Waals surface area contributed by atoms with E-state index in [1.54, 1.807) is 23.1 Å². The number of fused-ring (bicyclic) bond motifs is 1. The maximum absolute atomic E-state index is 13.5. The summed E-state index contributed by atoms with van der Waals surface area (Å²) in [6.07, 6.45) is 0. The van der Waals surface area contributed by atoms with Crippen molar-refractivity contribution in [2.24, 2.45) is 0 Å². The number of amides is 1. The van der Waals surface area contributed by atoms with E-state index in [2.05, 4.69) is 4.98 Å². The lowest BCUT2D eigenvalue weighted by molar-refractivity contribution is -0.128. The maximum Gasteiger partial charge on any atom is 0.266 e. The first kappa shape index (κ1) is 21.8. The van der Waals surface area contributed by atoms with Crippen LogP contribution >= 0.6 is 11.8 Å². The van der Waals surface area contributed by atoms with Crippen LogP contribution in [0.1, 0.15) is 12.5 Å². The van der Waals surface area contributed by atoms with Crippen LogP contribution < -0.4 is 5.56 Å². The molecule has 0 radical (unpaired) electrons. The Kier molecular flexibility index (Phi) is 6.66. The molecule has 32 heavy (non-hydrogen) atoms. The summed E-state index contributed by atoms with van der Waals surface area (Å²) in [5, 5.41) is 0.858. The van der Waals surface area contributed by atoms with Gasteiger partial charge in [-0.1, -0.05) is 54.2 Å². The van der Waals surface area contributed by atoms with Gasteiger partial charge in [-0.25, -0.2) is 9.37 Å². The molecule has 0 bridgehead atoms. The summed E-state index contributed by atoms with van der Waals surface area (Å²) in [5.41, 5.74) is 1.86. The van der Waals surface area contributed by atoms with Crippen LogP contribution in [0.5, 0.6) is 0 Å². The van der Waals surface area contributed by atoms with Gasteiger partial charge < -0.3 is 4.90 Å². The molecule has 5 nitrogen and oxygen atoms in total. The van der Waals surface area contributed by atoms with Crippen LogP contribution in [0.2, 0.25) is 0 Å². The lowest BCUT2D eigenvalue weighted by Gasteiger charge is -2.21. The van der Waals surface area contributed by atoms with E-state index in [-0.39, 0.29) is 23.0 Å². The van der Waals surface area contributed by atoms with E-state index in [1.165, 1.54) is 40.6 Å².